The van der Waals surface area contributed by atoms with Gasteiger partial charge < -0.3 is 0 Å². The molecule has 0 radical (unpaired) electrons. The molecule has 2 rings (SSSR count). The fraction of sp³-hybridized carbons (Fsp3) is 0.188. The van der Waals surface area contributed by atoms with Crippen molar-refractivity contribution in [2.24, 2.45) is 4.99 Å². The van der Waals surface area contributed by atoms with Crippen LogP contribution in [0.25, 0.3) is 0 Å². The normalized spacial score (nSPS) is 11.1. The first-order valence-electron chi connectivity index (χ1n) is 5.94. The van der Waals surface area contributed by atoms with Crippen LogP contribution in [0, 0.1) is 24.3 Å². The Morgan fingerprint density at radius 3 is 2.22 bits per heavy atom. The number of benzene rings is 2. The van der Waals surface area contributed by atoms with E-state index in [1.54, 1.807) is 0 Å². The summed E-state index contributed by atoms with van der Waals surface area (Å²) in [6.07, 6.45) is 1.95. The van der Waals surface area contributed by atoms with Crippen LogP contribution in [0.15, 0.2) is 41.4 Å². The van der Waals surface area contributed by atoms with Gasteiger partial charge in [-0.1, -0.05) is 35.9 Å². The third-order valence-electron chi connectivity index (χ3n) is 2.87. The van der Waals surface area contributed by atoms with Gasteiger partial charge in [-0.3, -0.25) is 4.99 Å². The van der Waals surface area contributed by atoms with Crippen LogP contribution in [0.1, 0.15) is 22.3 Å². The molecule has 0 fully saturated rings. The summed E-state index contributed by atoms with van der Waals surface area (Å²) in [5, 5.41) is 0. The largest absolute Gasteiger partial charge is 0.256 e. The molecule has 92 valence electrons. The van der Waals surface area contributed by atoms with Gasteiger partial charge >= 0.3 is 0 Å². The van der Waals surface area contributed by atoms with Crippen LogP contribution in [0.2, 0.25) is 0 Å². The molecule has 0 aromatic heterocycles. The van der Waals surface area contributed by atoms with Crippen molar-refractivity contribution in [2.45, 2.75) is 20.8 Å². The molecule has 0 aliphatic heterocycles. The molecule has 0 N–H and O–H groups in total. The number of hydrogen-bond acceptors (Lipinski definition) is 1. The van der Waals surface area contributed by atoms with Crippen molar-refractivity contribution in [3.05, 3.63) is 62.2 Å². The molecule has 2 heteroatoms. The Bertz CT molecular complexity index is 577. The van der Waals surface area contributed by atoms with Crippen molar-refractivity contribution >= 4 is 34.5 Å². The molecule has 0 atom stereocenters. The molecule has 0 bridgehead atoms. The van der Waals surface area contributed by atoms with Gasteiger partial charge in [0.2, 0.25) is 0 Å². The van der Waals surface area contributed by atoms with Gasteiger partial charge in [-0.05, 0) is 60.6 Å². The second-order valence-electron chi connectivity index (χ2n) is 4.53. The Morgan fingerprint density at radius 1 is 1.00 bits per heavy atom. The molecule has 0 saturated heterocycles. The zero-order valence-corrected chi connectivity index (χ0v) is 13.0. The number of aliphatic imine (C=N–C) groups is 1. The molecule has 0 aliphatic carbocycles. The minimum atomic E-state index is 1.08. The van der Waals surface area contributed by atoms with Crippen molar-refractivity contribution in [1.82, 2.24) is 0 Å². The number of hydrogen-bond donors (Lipinski definition) is 0. The van der Waals surface area contributed by atoms with Crippen LogP contribution in [0.3, 0.4) is 0 Å². The van der Waals surface area contributed by atoms with E-state index in [0.29, 0.717) is 0 Å². The highest BCUT2D eigenvalue weighted by Crippen LogP contribution is 2.25. The summed E-state index contributed by atoms with van der Waals surface area (Å²) in [6.45, 7) is 6.35. The van der Waals surface area contributed by atoms with Gasteiger partial charge in [-0.2, -0.15) is 0 Å². The zero-order chi connectivity index (χ0) is 13.1. The smallest absolute Gasteiger partial charge is 0.0688 e. The molecule has 0 amide bonds. The quantitative estimate of drug-likeness (QED) is 0.536. The lowest BCUT2D eigenvalue weighted by atomic mass is 10.1. The maximum atomic E-state index is 4.65. The lowest BCUT2D eigenvalue weighted by Crippen LogP contribution is -1.87. The van der Waals surface area contributed by atoms with Gasteiger partial charge in [0.15, 0.2) is 0 Å². The highest BCUT2D eigenvalue weighted by atomic mass is 127. The minimum absolute atomic E-state index is 1.08. The van der Waals surface area contributed by atoms with Crippen molar-refractivity contribution < 1.29 is 0 Å². The Labute approximate surface area is 122 Å². The molecule has 0 heterocycles. The predicted molar refractivity (Wildman–Crippen MR) is 87.1 cm³/mol. The van der Waals surface area contributed by atoms with E-state index in [4.69, 9.17) is 0 Å². The van der Waals surface area contributed by atoms with E-state index in [9.17, 15) is 0 Å². The van der Waals surface area contributed by atoms with Crippen molar-refractivity contribution in [3.63, 3.8) is 0 Å². The van der Waals surface area contributed by atoms with E-state index in [1.807, 2.05) is 18.3 Å². The van der Waals surface area contributed by atoms with Crippen LogP contribution in [-0.4, -0.2) is 6.21 Å². The van der Waals surface area contributed by atoms with Gasteiger partial charge in [0.1, 0.15) is 0 Å². The maximum Gasteiger partial charge on any atom is 0.0688 e. The zero-order valence-electron chi connectivity index (χ0n) is 10.9. The molecule has 0 spiro atoms. The third-order valence-corrected chi connectivity index (χ3v) is 3.86. The Kier molecular flexibility index (Phi) is 4.17. The second kappa shape index (κ2) is 5.65. The third kappa shape index (κ3) is 2.99. The lowest BCUT2D eigenvalue weighted by Gasteiger charge is -2.06. The molecule has 0 saturated carbocycles. The van der Waals surface area contributed by atoms with Crippen molar-refractivity contribution in [1.29, 1.82) is 0 Å². The van der Waals surface area contributed by atoms with Gasteiger partial charge in [0.05, 0.1) is 5.69 Å². The molecule has 0 unspecified atom stereocenters. The fourth-order valence-corrected chi connectivity index (χ4v) is 2.62. The average molecular weight is 349 g/mol. The second-order valence-corrected chi connectivity index (χ2v) is 5.69. The number of aryl methyl sites for hydroxylation is 3. The minimum Gasteiger partial charge on any atom is -0.256 e. The van der Waals surface area contributed by atoms with Crippen LogP contribution in [-0.2, 0) is 0 Å². The van der Waals surface area contributed by atoms with Crippen LogP contribution < -0.4 is 0 Å². The lowest BCUT2D eigenvalue weighted by molar-refractivity contribution is 1.29. The molecule has 2 aromatic carbocycles. The van der Waals surface area contributed by atoms with E-state index in [2.05, 4.69) is 72.6 Å². The standard InChI is InChI=1S/C16H16IN/c1-11-8-12(2)16(13(3)9-11)18-10-14-6-4-5-7-15(14)17/h4-10H,1-3H3. The van der Waals surface area contributed by atoms with Gasteiger partial charge in [-0.25, -0.2) is 0 Å². The van der Waals surface area contributed by atoms with E-state index >= 15 is 0 Å². The topological polar surface area (TPSA) is 12.4 Å². The van der Waals surface area contributed by atoms with E-state index in [1.165, 1.54) is 20.3 Å². The van der Waals surface area contributed by atoms with E-state index in [0.717, 1.165) is 11.3 Å². The highest BCUT2D eigenvalue weighted by molar-refractivity contribution is 14.1. The number of rotatable bonds is 2. The van der Waals surface area contributed by atoms with Crippen molar-refractivity contribution in [3.8, 4) is 0 Å². The first kappa shape index (κ1) is 13.3. The number of nitrogens with zero attached hydrogens (tertiary/aromatic N) is 1. The molecule has 1 nitrogen and oxygen atoms in total. The van der Waals surface area contributed by atoms with Crippen LogP contribution >= 0.6 is 22.6 Å². The fourth-order valence-electron chi connectivity index (χ4n) is 2.09. The van der Waals surface area contributed by atoms with Crippen molar-refractivity contribution in [2.75, 3.05) is 0 Å². The maximum absolute atomic E-state index is 4.65. The Balaban J connectivity index is 2.38. The SMILES string of the molecule is Cc1cc(C)c(N=Cc2ccccc2I)c(C)c1. The molecule has 2 aromatic rings. The Morgan fingerprint density at radius 2 is 1.61 bits per heavy atom. The summed E-state index contributed by atoms with van der Waals surface area (Å²) in [4.78, 5) is 4.65. The van der Waals surface area contributed by atoms with Crippen LogP contribution in [0.5, 0.6) is 0 Å². The summed E-state index contributed by atoms with van der Waals surface area (Å²) in [5.74, 6) is 0. The molecular weight excluding hydrogens is 333 g/mol. The number of halogens is 1. The summed E-state index contributed by atoms with van der Waals surface area (Å²) in [5.41, 5.74) is 6.00. The summed E-state index contributed by atoms with van der Waals surface area (Å²) >= 11 is 2.33. The average Bonchev–Trinajstić information content (AvgIpc) is 2.30. The summed E-state index contributed by atoms with van der Waals surface area (Å²) < 4.78 is 1.22. The summed E-state index contributed by atoms with van der Waals surface area (Å²) in [7, 11) is 0. The molecule has 18 heavy (non-hydrogen) atoms. The first-order chi connectivity index (χ1) is 8.58. The van der Waals surface area contributed by atoms with E-state index < -0.39 is 0 Å². The van der Waals surface area contributed by atoms with E-state index in [-0.39, 0.29) is 0 Å². The predicted octanol–water partition coefficient (Wildman–Crippen LogP) is 4.97. The van der Waals surface area contributed by atoms with Gasteiger partial charge in [0, 0.05) is 15.3 Å². The van der Waals surface area contributed by atoms with Crippen LogP contribution in [0.4, 0.5) is 5.69 Å². The first-order valence-corrected chi connectivity index (χ1v) is 7.02. The molecule has 0 aliphatic rings. The van der Waals surface area contributed by atoms with Gasteiger partial charge in [-0.15, -0.1) is 0 Å². The highest BCUT2D eigenvalue weighted by Gasteiger charge is 2.02. The monoisotopic (exact) mass is 349 g/mol. The Hall–Kier alpha value is -1.16. The molecular formula is C16H16IN. The summed E-state index contributed by atoms with van der Waals surface area (Å²) in [6, 6.07) is 12.6. The van der Waals surface area contributed by atoms with Gasteiger partial charge in [0.25, 0.3) is 0 Å².